The van der Waals surface area contributed by atoms with E-state index in [2.05, 4.69) is 0 Å². The first-order chi connectivity index (χ1) is 9.51. The quantitative estimate of drug-likeness (QED) is 0.926. The van der Waals surface area contributed by atoms with Crippen LogP contribution in [-0.2, 0) is 6.42 Å². The van der Waals surface area contributed by atoms with Crippen molar-refractivity contribution in [2.24, 2.45) is 0 Å². The first-order valence-electron chi connectivity index (χ1n) is 6.28. The molecule has 2 nitrogen and oxygen atoms in total. The molecule has 1 atom stereocenters. The Kier molecular flexibility index (Phi) is 4.35. The first kappa shape index (κ1) is 14.5. The Morgan fingerprint density at radius 3 is 2.50 bits per heavy atom. The molecule has 20 heavy (non-hydrogen) atoms. The minimum Gasteiger partial charge on any atom is -0.494 e. The van der Waals surface area contributed by atoms with Gasteiger partial charge in [0.05, 0.1) is 13.2 Å². The highest BCUT2D eigenvalue weighted by molar-refractivity contribution is 5.33. The fourth-order valence-electron chi connectivity index (χ4n) is 2.18. The van der Waals surface area contributed by atoms with E-state index in [-0.39, 0.29) is 18.0 Å². The van der Waals surface area contributed by atoms with Crippen molar-refractivity contribution in [3.05, 3.63) is 64.7 Å². The molecule has 0 spiro atoms. The Bertz CT molecular complexity index is 611. The van der Waals surface area contributed by atoms with Crippen LogP contribution >= 0.6 is 0 Å². The van der Waals surface area contributed by atoms with Gasteiger partial charge in [0.25, 0.3) is 0 Å². The molecule has 0 saturated heterocycles. The molecule has 0 fully saturated rings. The highest BCUT2D eigenvalue weighted by Crippen LogP contribution is 2.24. The van der Waals surface area contributed by atoms with Crippen LogP contribution in [0.25, 0.3) is 0 Å². The Balaban J connectivity index is 2.18. The zero-order chi connectivity index (χ0) is 14.7. The molecule has 2 aromatic rings. The van der Waals surface area contributed by atoms with Crippen molar-refractivity contribution in [3.63, 3.8) is 0 Å². The van der Waals surface area contributed by atoms with E-state index in [0.717, 1.165) is 0 Å². The lowest BCUT2D eigenvalue weighted by Crippen LogP contribution is -2.04. The van der Waals surface area contributed by atoms with Gasteiger partial charge in [-0.15, -0.1) is 0 Å². The van der Waals surface area contributed by atoms with Gasteiger partial charge >= 0.3 is 0 Å². The minimum absolute atomic E-state index is 0.168. The molecule has 0 saturated carbocycles. The molecule has 1 unspecified atom stereocenters. The lowest BCUT2D eigenvalue weighted by Gasteiger charge is -2.14. The number of halogens is 2. The maximum atomic E-state index is 13.6. The second-order valence-electron chi connectivity index (χ2n) is 4.69. The molecule has 106 valence electrons. The van der Waals surface area contributed by atoms with Gasteiger partial charge in [-0.1, -0.05) is 12.1 Å². The number of aliphatic hydroxyl groups is 1. The Morgan fingerprint density at radius 2 is 1.90 bits per heavy atom. The molecule has 0 aliphatic rings. The average molecular weight is 278 g/mol. The topological polar surface area (TPSA) is 29.5 Å². The molecular weight excluding hydrogens is 262 g/mol. The third kappa shape index (κ3) is 3.14. The summed E-state index contributed by atoms with van der Waals surface area (Å²) in [5, 5.41) is 10.2. The number of aryl methyl sites for hydroxylation is 1. The first-order valence-corrected chi connectivity index (χ1v) is 6.28. The van der Waals surface area contributed by atoms with E-state index in [9.17, 15) is 13.9 Å². The predicted molar refractivity (Wildman–Crippen MR) is 72.8 cm³/mol. The largest absolute Gasteiger partial charge is 0.494 e. The Labute approximate surface area is 116 Å². The van der Waals surface area contributed by atoms with E-state index in [1.165, 1.54) is 31.4 Å². The van der Waals surface area contributed by atoms with Crippen molar-refractivity contribution in [2.75, 3.05) is 7.11 Å². The van der Waals surface area contributed by atoms with Gasteiger partial charge < -0.3 is 9.84 Å². The number of hydrogen-bond acceptors (Lipinski definition) is 2. The van der Waals surface area contributed by atoms with Crippen LogP contribution in [0.1, 0.15) is 22.8 Å². The van der Waals surface area contributed by atoms with Crippen molar-refractivity contribution in [2.45, 2.75) is 19.4 Å². The summed E-state index contributed by atoms with van der Waals surface area (Å²) < 4.78 is 31.5. The predicted octanol–water partition coefficient (Wildman–Crippen LogP) is 3.56. The summed E-state index contributed by atoms with van der Waals surface area (Å²) in [6.07, 6.45) is -0.545. The van der Waals surface area contributed by atoms with Crippen molar-refractivity contribution in [1.29, 1.82) is 0 Å². The van der Waals surface area contributed by atoms with E-state index >= 15 is 0 Å². The van der Waals surface area contributed by atoms with Crippen LogP contribution in [0.4, 0.5) is 8.78 Å². The molecule has 0 amide bonds. The summed E-state index contributed by atoms with van der Waals surface area (Å²) in [7, 11) is 1.40. The smallest absolute Gasteiger partial charge is 0.165 e. The van der Waals surface area contributed by atoms with E-state index in [0.29, 0.717) is 16.7 Å². The van der Waals surface area contributed by atoms with Gasteiger partial charge in [0, 0.05) is 6.42 Å². The van der Waals surface area contributed by atoms with Crippen LogP contribution in [0.3, 0.4) is 0 Å². The molecule has 0 bridgehead atoms. The fourth-order valence-corrected chi connectivity index (χ4v) is 2.18. The summed E-state index contributed by atoms with van der Waals surface area (Å²) in [5.41, 5.74) is 1.97. The molecule has 4 heteroatoms. The SMILES string of the molecule is COc1ccc(CC(O)c2ccc(F)cc2C)cc1F. The monoisotopic (exact) mass is 278 g/mol. The minimum atomic E-state index is -0.802. The standard InChI is InChI=1S/C16H16F2O2/c1-10-7-12(17)4-5-13(10)15(19)9-11-3-6-16(20-2)14(18)8-11/h3-8,15,19H,9H2,1-2H3. The summed E-state index contributed by atoms with van der Waals surface area (Å²) >= 11 is 0. The van der Waals surface area contributed by atoms with Gasteiger partial charge in [-0.25, -0.2) is 8.78 Å². The Hall–Kier alpha value is -1.94. The van der Waals surface area contributed by atoms with Crippen LogP contribution in [0.5, 0.6) is 5.75 Å². The van der Waals surface area contributed by atoms with Crippen molar-refractivity contribution >= 4 is 0 Å². The van der Waals surface area contributed by atoms with Crippen LogP contribution in [0, 0.1) is 18.6 Å². The number of benzene rings is 2. The third-order valence-corrected chi connectivity index (χ3v) is 3.24. The van der Waals surface area contributed by atoms with Crippen molar-refractivity contribution < 1.29 is 18.6 Å². The molecule has 2 rings (SSSR count). The molecule has 0 radical (unpaired) electrons. The van der Waals surface area contributed by atoms with Gasteiger partial charge in [0.15, 0.2) is 11.6 Å². The molecule has 1 N–H and O–H groups in total. The summed E-state index contributed by atoms with van der Waals surface area (Å²) in [5.74, 6) is -0.636. The van der Waals surface area contributed by atoms with E-state index < -0.39 is 11.9 Å². The maximum absolute atomic E-state index is 13.6. The summed E-state index contributed by atoms with van der Waals surface area (Å²) in [6.45, 7) is 1.73. The second-order valence-corrected chi connectivity index (χ2v) is 4.69. The molecule has 2 aromatic carbocycles. The van der Waals surface area contributed by atoms with Crippen LogP contribution in [-0.4, -0.2) is 12.2 Å². The van der Waals surface area contributed by atoms with E-state index in [1.807, 2.05) is 0 Å². The number of methoxy groups -OCH3 is 1. The van der Waals surface area contributed by atoms with Crippen LogP contribution in [0.15, 0.2) is 36.4 Å². The summed E-state index contributed by atoms with van der Waals surface area (Å²) in [6, 6.07) is 8.78. The highest BCUT2D eigenvalue weighted by Gasteiger charge is 2.13. The fraction of sp³-hybridized carbons (Fsp3) is 0.250. The lowest BCUT2D eigenvalue weighted by atomic mass is 9.97. The molecule has 0 aliphatic carbocycles. The van der Waals surface area contributed by atoms with E-state index in [1.54, 1.807) is 19.1 Å². The second kappa shape index (κ2) is 6.01. The lowest BCUT2D eigenvalue weighted by molar-refractivity contribution is 0.177. The van der Waals surface area contributed by atoms with E-state index in [4.69, 9.17) is 4.74 Å². The molecule has 0 aromatic heterocycles. The molecular formula is C16H16F2O2. The zero-order valence-electron chi connectivity index (χ0n) is 11.4. The highest BCUT2D eigenvalue weighted by atomic mass is 19.1. The van der Waals surface area contributed by atoms with Gasteiger partial charge in [-0.3, -0.25) is 0 Å². The van der Waals surface area contributed by atoms with Crippen molar-refractivity contribution in [1.82, 2.24) is 0 Å². The van der Waals surface area contributed by atoms with Gasteiger partial charge in [0.2, 0.25) is 0 Å². The molecule has 0 heterocycles. The number of rotatable bonds is 4. The number of ether oxygens (including phenoxy) is 1. The summed E-state index contributed by atoms with van der Waals surface area (Å²) in [4.78, 5) is 0. The van der Waals surface area contributed by atoms with Gasteiger partial charge in [-0.05, 0) is 47.9 Å². The van der Waals surface area contributed by atoms with Crippen LogP contribution < -0.4 is 4.74 Å². The maximum Gasteiger partial charge on any atom is 0.165 e. The molecule has 0 aliphatic heterocycles. The third-order valence-electron chi connectivity index (χ3n) is 3.24. The number of hydrogen-bond donors (Lipinski definition) is 1. The van der Waals surface area contributed by atoms with Crippen LogP contribution in [0.2, 0.25) is 0 Å². The zero-order valence-corrected chi connectivity index (χ0v) is 11.4. The number of aliphatic hydroxyl groups excluding tert-OH is 1. The average Bonchev–Trinajstić information content (AvgIpc) is 2.38. The normalized spacial score (nSPS) is 12.2. The Morgan fingerprint density at radius 1 is 1.15 bits per heavy atom. The van der Waals surface area contributed by atoms with Gasteiger partial charge in [0.1, 0.15) is 5.82 Å². The van der Waals surface area contributed by atoms with Crippen molar-refractivity contribution in [3.8, 4) is 5.75 Å². The van der Waals surface area contributed by atoms with Gasteiger partial charge in [-0.2, -0.15) is 0 Å².